The summed E-state index contributed by atoms with van der Waals surface area (Å²) >= 11 is 1.33. The van der Waals surface area contributed by atoms with Crippen LogP contribution in [0, 0.1) is 5.82 Å². The van der Waals surface area contributed by atoms with Crippen LogP contribution in [0.15, 0.2) is 59.1 Å². The van der Waals surface area contributed by atoms with Crippen LogP contribution in [0.1, 0.15) is 0 Å². The van der Waals surface area contributed by atoms with Crippen LogP contribution in [-0.4, -0.2) is 46.7 Å². The number of nitrogens with one attached hydrogen (secondary N) is 1. The summed E-state index contributed by atoms with van der Waals surface area (Å²) in [4.78, 5) is 37.1. The number of hydrogen-bond donors (Lipinski definition) is 1. The molecule has 0 spiro atoms. The third-order valence-electron chi connectivity index (χ3n) is 5.40. The van der Waals surface area contributed by atoms with Gasteiger partial charge in [-0.1, -0.05) is 12.1 Å². The maximum atomic E-state index is 13.3. The van der Waals surface area contributed by atoms with Crippen LogP contribution in [0.5, 0.6) is 0 Å². The first-order valence-electron chi connectivity index (χ1n) is 10.4. The minimum absolute atomic E-state index is 0.189. The topological polar surface area (TPSA) is 89.4 Å². The van der Waals surface area contributed by atoms with Crippen LogP contribution in [-0.2, 0) is 16.1 Å². The van der Waals surface area contributed by atoms with Crippen molar-refractivity contribution >= 4 is 39.0 Å². The molecule has 0 aliphatic carbocycles. The lowest BCUT2D eigenvalue weighted by molar-refractivity contribution is -0.116. The normalized spacial score (nSPS) is 13.9. The van der Waals surface area contributed by atoms with E-state index in [1.807, 2.05) is 11.4 Å². The number of anilines is 2. The number of carbonyl (C=O) groups excluding carboxylic acids is 1. The van der Waals surface area contributed by atoms with Gasteiger partial charge in [0.15, 0.2) is 0 Å². The van der Waals surface area contributed by atoms with Crippen LogP contribution in [0.4, 0.5) is 15.9 Å². The highest BCUT2D eigenvalue weighted by Crippen LogP contribution is 2.30. The molecule has 1 saturated heterocycles. The monoisotopic (exact) mass is 465 g/mol. The van der Waals surface area contributed by atoms with Crippen LogP contribution in [0.25, 0.3) is 21.3 Å². The molecule has 0 atom stereocenters. The van der Waals surface area contributed by atoms with Gasteiger partial charge in [0.25, 0.3) is 5.56 Å². The van der Waals surface area contributed by atoms with Crippen LogP contribution >= 0.6 is 11.3 Å². The van der Waals surface area contributed by atoms with Crippen molar-refractivity contribution in [1.82, 2.24) is 14.5 Å². The predicted octanol–water partition coefficient (Wildman–Crippen LogP) is 3.13. The average molecular weight is 466 g/mol. The zero-order chi connectivity index (χ0) is 22.8. The van der Waals surface area contributed by atoms with E-state index in [0.29, 0.717) is 34.7 Å². The summed E-state index contributed by atoms with van der Waals surface area (Å²) in [6.45, 7) is 2.70. The standard InChI is InChI=1S/C23H20FN5O3S/c24-16-3-1-15(2-4-16)18-13-33-22-21(18)23(31)29(14-26-22)12-20(30)27-17-5-6-19(25-11-17)28-7-9-32-10-8-28/h1-6,11,13-14H,7-10,12H2,(H,27,30). The summed E-state index contributed by atoms with van der Waals surface area (Å²) in [7, 11) is 0. The number of pyridine rings is 1. The number of halogens is 1. The number of ether oxygens (including phenoxy) is 1. The molecule has 5 rings (SSSR count). The molecule has 0 bridgehead atoms. The predicted molar refractivity (Wildman–Crippen MR) is 125 cm³/mol. The van der Waals surface area contributed by atoms with E-state index in [0.717, 1.165) is 24.5 Å². The number of fused-ring (bicyclic) bond motifs is 1. The molecule has 4 heterocycles. The highest BCUT2D eigenvalue weighted by Gasteiger charge is 2.16. The van der Waals surface area contributed by atoms with Gasteiger partial charge >= 0.3 is 0 Å². The van der Waals surface area contributed by atoms with Crippen LogP contribution in [0.3, 0.4) is 0 Å². The Labute approximate surface area is 192 Å². The van der Waals surface area contributed by atoms with Crippen molar-refractivity contribution in [1.29, 1.82) is 0 Å². The molecule has 1 fully saturated rings. The van der Waals surface area contributed by atoms with Gasteiger partial charge in [-0.15, -0.1) is 11.3 Å². The van der Waals surface area contributed by atoms with Gasteiger partial charge in [0.1, 0.15) is 23.0 Å². The van der Waals surface area contributed by atoms with Crippen molar-refractivity contribution in [3.63, 3.8) is 0 Å². The average Bonchev–Trinajstić information content (AvgIpc) is 3.27. The first-order chi connectivity index (χ1) is 16.1. The van der Waals surface area contributed by atoms with E-state index < -0.39 is 0 Å². The molecule has 1 aliphatic rings. The second-order valence-corrected chi connectivity index (χ2v) is 8.42. The first-order valence-corrected chi connectivity index (χ1v) is 11.3. The molecule has 0 unspecified atom stereocenters. The zero-order valence-corrected chi connectivity index (χ0v) is 18.3. The number of rotatable bonds is 5. The minimum atomic E-state index is -0.363. The smallest absolute Gasteiger partial charge is 0.263 e. The van der Waals surface area contributed by atoms with E-state index in [1.165, 1.54) is 34.4 Å². The number of nitrogens with zero attached hydrogens (tertiary/aromatic N) is 4. The summed E-state index contributed by atoms with van der Waals surface area (Å²) < 4.78 is 19.9. The molecule has 0 radical (unpaired) electrons. The van der Waals surface area contributed by atoms with Crippen molar-refractivity contribution in [2.75, 3.05) is 36.5 Å². The van der Waals surface area contributed by atoms with Crippen LogP contribution in [0.2, 0.25) is 0 Å². The van der Waals surface area contributed by atoms with Crippen molar-refractivity contribution in [3.05, 3.63) is 70.5 Å². The lowest BCUT2D eigenvalue weighted by Crippen LogP contribution is -2.36. The van der Waals surface area contributed by atoms with E-state index in [1.54, 1.807) is 24.4 Å². The lowest BCUT2D eigenvalue weighted by Gasteiger charge is -2.27. The summed E-state index contributed by atoms with van der Waals surface area (Å²) in [6.07, 6.45) is 2.97. The Morgan fingerprint density at radius 2 is 1.91 bits per heavy atom. The van der Waals surface area contributed by atoms with Gasteiger partial charge in [-0.3, -0.25) is 14.2 Å². The summed E-state index contributed by atoms with van der Waals surface area (Å²) in [5.41, 5.74) is 1.61. The van der Waals surface area contributed by atoms with Crippen molar-refractivity contribution in [3.8, 4) is 11.1 Å². The molecule has 3 aromatic heterocycles. The van der Waals surface area contributed by atoms with E-state index in [2.05, 4.69) is 20.2 Å². The molecular weight excluding hydrogens is 445 g/mol. The Kier molecular flexibility index (Phi) is 5.84. The third kappa shape index (κ3) is 4.48. The van der Waals surface area contributed by atoms with Gasteiger partial charge in [-0.2, -0.15) is 0 Å². The number of hydrogen-bond acceptors (Lipinski definition) is 7. The molecule has 33 heavy (non-hydrogen) atoms. The molecule has 4 aromatic rings. The summed E-state index contributed by atoms with van der Waals surface area (Å²) in [5, 5.41) is 5.00. The van der Waals surface area contributed by atoms with Gasteiger partial charge in [-0.25, -0.2) is 14.4 Å². The van der Waals surface area contributed by atoms with Gasteiger partial charge in [-0.05, 0) is 29.8 Å². The Hall–Kier alpha value is -3.63. The highest BCUT2D eigenvalue weighted by molar-refractivity contribution is 7.17. The fraction of sp³-hybridized carbons (Fsp3) is 0.217. The number of amides is 1. The maximum absolute atomic E-state index is 13.3. The molecule has 1 N–H and O–H groups in total. The van der Waals surface area contributed by atoms with Gasteiger partial charge in [0.2, 0.25) is 5.91 Å². The second kappa shape index (κ2) is 9.08. The highest BCUT2D eigenvalue weighted by atomic mass is 32.1. The van der Waals surface area contributed by atoms with Crippen molar-refractivity contribution in [2.45, 2.75) is 6.54 Å². The molecule has 1 aromatic carbocycles. The van der Waals surface area contributed by atoms with Crippen LogP contribution < -0.4 is 15.8 Å². The number of morpholine rings is 1. The molecule has 1 amide bonds. The number of benzene rings is 1. The fourth-order valence-electron chi connectivity index (χ4n) is 3.72. The molecule has 0 saturated carbocycles. The molecule has 8 nitrogen and oxygen atoms in total. The van der Waals surface area contributed by atoms with Gasteiger partial charge < -0.3 is 15.0 Å². The second-order valence-electron chi connectivity index (χ2n) is 7.57. The minimum Gasteiger partial charge on any atom is -0.378 e. The van der Waals surface area contributed by atoms with E-state index in [9.17, 15) is 14.0 Å². The summed E-state index contributed by atoms with van der Waals surface area (Å²) in [6, 6.07) is 9.56. The Bertz CT molecular complexity index is 1350. The van der Waals surface area contributed by atoms with E-state index in [4.69, 9.17) is 4.74 Å². The maximum Gasteiger partial charge on any atom is 0.263 e. The van der Waals surface area contributed by atoms with E-state index >= 15 is 0 Å². The van der Waals surface area contributed by atoms with Crippen molar-refractivity contribution < 1.29 is 13.9 Å². The fourth-order valence-corrected chi connectivity index (χ4v) is 4.62. The number of carbonyl (C=O) groups is 1. The molecule has 168 valence electrons. The van der Waals surface area contributed by atoms with Gasteiger partial charge in [0, 0.05) is 24.0 Å². The molecular formula is C23H20FN5O3S. The Balaban J connectivity index is 1.33. The van der Waals surface area contributed by atoms with E-state index in [-0.39, 0.29) is 23.8 Å². The van der Waals surface area contributed by atoms with Gasteiger partial charge in [0.05, 0.1) is 36.8 Å². The zero-order valence-electron chi connectivity index (χ0n) is 17.5. The lowest BCUT2D eigenvalue weighted by atomic mass is 10.1. The third-order valence-corrected chi connectivity index (χ3v) is 6.28. The molecule has 10 heteroatoms. The SMILES string of the molecule is O=C(Cn1cnc2scc(-c3ccc(F)cc3)c2c1=O)Nc1ccc(N2CCOCC2)nc1. The molecule has 1 aliphatic heterocycles. The van der Waals surface area contributed by atoms with Crippen molar-refractivity contribution in [2.24, 2.45) is 0 Å². The number of thiophene rings is 1. The quantitative estimate of drug-likeness (QED) is 0.487. The number of aromatic nitrogens is 3. The Morgan fingerprint density at radius 3 is 2.64 bits per heavy atom. The largest absolute Gasteiger partial charge is 0.378 e. The first kappa shape index (κ1) is 21.2. The Morgan fingerprint density at radius 1 is 1.12 bits per heavy atom. The summed E-state index contributed by atoms with van der Waals surface area (Å²) in [5.74, 6) is 0.114.